The van der Waals surface area contributed by atoms with Crippen molar-refractivity contribution in [2.75, 3.05) is 0 Å². The molecule has 0 aromatic rings. The average molecular weight is 252 g/mol. The van der Waals surface area contributed by atoms with Crippen LogP contribution in [0.5, 0.6) is 0 Å². The van der Waals surface area contributed by atoms with Crippen LogP contribution in [0.15, 0.2) is 12.2 Å². The van der Waals surface area contributed by atoms with Gasteiger partial charge in [0, 0.05) is 0 Å². The van der Waals surface area contributed by atoms with E-state index in [1.165, 1.54) is 82.6 Å². The highest BCUT2D eigenvalue weighted by molar-refractivity contribution is 4.87. The summed E-state index contributed by atoms with van der Waals surface area (Å²) in [5, 5.41) is 0. The molecule has 0 aliphatic rings. The molecule has 18 heavy (non-hydrogen) atoms. The number of allylic oxidation sites excluding steroid dienone is 1. The summed E-state index contributed by atoms with van der Waals surface area (Å²) in [4.78, 5) is 0. The monoisotopic (exact) mass is 252 g/mol. The lowest BCUT2D eigenvalue weighted by Crippen LogP contribution is -1.95. The zero-order valence-electron chi connectivity index (χ0n) is 13.3. The number of unbranched alkanes of at least 4 members (excludes halogenated alkanes) is 8. The quantitative estimate of drug-likeness (QED) is 0.247. The highest BCUT2D eigenvalue weighted by atomic mass is 14.1. The summed E-state index contributed by atoms with van der Waals surface area (Å²) in [6, 6.07) is 0. The molecule has 0 aromatic heterocycles. The molecule has 0 aromatic carbocycles. The first-order chi connectivity index (χ1) is 8.66. The van der Waals surface area contributed by atoms with Crippen molar-refractivity contribution in [2.24, 2.45) is 5.92 Å². The van der Waals surface area contributed by atoms with Gasteiger partial charge in [-0.25, -0.2) is 0 Å². The highest BCUT2D eigenvalue weighted by Gasteiger charge is 2.01. The van der Waals surface area contributed by atoms with Gasteiger partial charge in [0.05, 0.1) is 0 Å². The Hall–Kier alpha value is -0.260. The molecule has 1 atom stereocenters. The lowest BCUT2D eigenvalue weighted by Gasteiger charge is -2.10. The molecule has 0 aliphatic carbocycles. The van der Waals surface area contributed by atoms with Crippen LogP contribution in [-0.4, -0.2) is 0 Å². The maximum absolute atomic E-state index is 3.98. The first kappa shape index (κ1) is 17.7. The minimum Gasteiger partial charge on any atom is -0.100 e. The van der Waals surface area contributed by atoms with E-state index in [1.807, 2.05) is 0 Å². The summed E-state index contributed by atoms with van der Waals surface area (Å²) >= 11 is 0. The number of hydrogen-bond acceptors (Lipinski definition) is 0. The van der Waals surface area contributed by atoms with Crippen LogP contribution in [0.3, 0.4) is 0 Å². The fraction of sp³-hybridized carbons (Fsp3) is 0.889. The predicted octanol–water partition coefficient (Wildman–Crippen LogP) is 6.90. The largest absolute Gasteiger partial charge is 0.100 e. The molecule has 0 heterocycles. The predicted molar refractivity (Wildman–Crippen MR) is 85.1 cm³/mol. The third-order valence-electron chi connectivity index (χ3n) is 3.86. The second kappa shape index (κ2) is 13.2. The normalized spacial score (nSPS) is 12.6. The molecular formula is C18H36. The van der Waals surface area contributed by atoms with Crippen LogP contribution < -0.4 is 0 Å². The van der Waals surface area contributed by atoms with Gasteiger partial charge in [0.15, 0.2) is 0 Å². The second-order valence-corrected chi connectivity index (χ2v) is 6.22. The van der Waals surface area contributed by atoms with E-state index in [2.05, 4.69) is 27.4 Å². The zero-order valence-corrected chi connectivity index (χ0v) is 13.3. The van der Waals surface area contributed by atoms with Crippen LogP contribution in [0.1, 0.15) is 97.8 Å². The van der Waals surface area contributed by atoms with E-state index in [9.17, 15) is 0 Å². The Morgan fingerprint density at radius 2 is 1.33 bits per heavy atom. The summed E-state index contributed by atoms with van der Waals surface area (Å²) in [6.45, 7) is 10.8. The minimum absolute atomic E-state index is 0.895. The van der Waals surface area contributed by atoms with Crippen molar-refractivity contribution in [3.63, 3.8) is 0 Å². The molecule has 0 N–H and O–H groups in total. The van der Waals surface area contributed by atoms with Gasteiger partial charge in [-0.05, 0) is 25.7 Å². The van der Waals surface area contributed by atoms with E-state index in [4.69, 9.17) is 0 Å². The molecule has 0 amide bonds. The molecule has 0 saturated carbocycles. The molecule has 0 rings (SSSR count). The molecule has 0 saturated heterocycles. The van der Waals surface area contributed by atoms with Gasteiger partial charge < -0.3 is 0 Å². The molecule has 0 fully saturated rings. The zero-order chi connectivity index (χ0) is 13.6. The standard InChI is InChI=1S/C18H36/c1-5-6-7-8-9-10-11-12-13-14-18(4)16-15-17(2)3/h18H,2,5-16H2,1,3-4H3. The first-order valence-corrected chi connectivity index (χ1v) is 8.31. The van der Waals surface area contributed by atoms with Gasteiger partial charge in [-0.2, -0.15) is 0 Å². The average Bonchev–Trinajstić information content (AvgIpc) is 2.34. The van der Waals surface area contributed by atoms with E-state index < -0.39 is 0 Å². The van der Waals surface area contributed by atoms with E-state index in [0.29, 0.717) is 0 Å². The van der Waals surface area contributed by atoms with Crippen LogP contribution in [0.25, 0.3) is 0 Å². The molecule has 0 aliphatic heterocycles. The summed E-state index contributed by atoms with van der Waals surface area (Å²) < 4.78 is 0. The summed E-state index contributed by atoms with van der Waals surface area (Å²) in [5.74, 6) is 0.895. The van der Waals surface area contributed by atoms with E-state index in [-0.39, 0.29) is 0 Å². The van der Waals surface area contributed by atoms with Gasteiger partial charge in [-0.15, -0.1) is 6.58 Å². The molecule has 0 nitrogen and oxygen atoms in total. The fourth-order valence-electron chi connectivity index (χ4n) is 2.44. The molecule has 0 bridgehead atoms. The third kappa shape index (κ3) is 13.8. The SMILES string of the molecule is C=C(C)CCC(C)CCCCCCCCCCC. The summed E-state index contributed by atoms with van der Waals surface area (Å²) in [7, 11) is 0. The summed E-state index contributed by atoms with van der Waals surface area (Å²) in [6.07, 6.45) is 17.0. The molecule has 0 spiro atoms. The molecule has 0 radical (unpaired) electrons. The van der Waals surface area contributed by atoms with Crippen LogP contribution >= 0.6 is 0 Å². The Kier molecular flexibility index (Phi) is 13.0. The van der Waals surface area contributed by atoms with Crippen molar-refractivity contribution >= 4 is 0 Å². The third-order valence-corrected chi connectivity index (χ3v) is 3.86. The van der Waals surface area contributed by atoms with Gasteiger partial charge in [-0.1, -0.05) is 83.6 Å². The van der Waals surface area contributed by atoms with E-state index >= 15 is 0 Å². The highest BCUT2D eigenvalue weighted by Crippen LogP contribution is 2.18. The lowest BCUT2D eigenvalue weighted by molar-refractivity contribution is 0.454. The fourth-order valence-corrected chi connectivity index (χ4v) is 2.44. The topological polar surface area (TPSA) is 0 Å². The van der Waals surface area contributed by atoms with Crippen molar-refractivity contribution in [3.8, 4) is 0 Å². The van der Waals surface area contributed by atoms with Crippen LogP contribution in [0.2, 0.25) is 0 Å². The van der Waals surface area contributed by atoms with Crippen molar-refractivity contribution in [2.45, 2.75) is 97.8 Å². The van der Waals surface area contributed by atoms with E-state index in [1.54, 1.807) is 0 Å². The molecule has 108 valence electrons. The van der Waals surface area contributed by atoms with E-state index in [0.717, 1.165) is 5.92 Å². The Morgan fingerprint density at radius 3 is 1.83 bits per heavy atom. The second-order valence-electron chi connectivity index (χ2n) is 6.22. The lowest BCUT2D eigenvalue weighted by atomic mass is 9.96. The maximum atomic E-state index is 3.98. The Bertz CT molecular complexity index is 180. The van der Waals surface area contributed by atoms with Gasteiger partial charge >= 0.3 is 0 Å². The van der Waals surface area contributed by atoms with Gasteiger partial charge in [0.25, 0.3) is 0 Å². The Labute approximate surface area is 116 Å². The molecular weight excluding hydrogens is 216 g/mol. The number of hydrogen-bond donors (Lipinski definition) is 0. The first-order valence-electron chi connectivity index (χ1n) is 8.31. The smallest absolute Gasteiger partial charge is 0.0323 e. The van der Waals surface area contributed by atoms with Crippen LogP contribution in [-0.2, 0) is 0 Å². The van der Waals surface area contributed by atoms with Gasteiger partial charge in [-0.3, -0.25) is 0 Å². The van der Waals surface area contributed by atoms with Crippen LogP contribution in [0, 0.1) is 5.92 Å². The van der Waals surface area contributed by atoms with Crippen molar-refractivity contribution in [3.05, 3.63) is 12.2 Å². The summed E-state index contributed by atoms with van der Waals surface area (Å²) in [5.41, 5.74) is 1.34. The number of rotatable bonds is 13. The van der Waals surface area contributed by atoms with Gasteiger partial charge in [0.2, 0.25) is 0 Å². The minimum atomic E-state index is 0.895. The van der Waals surface area contributed by atoms with Crippen molar-refractivity contribution < 1.29 is 0 Å². The van der Waals surface area contributed by atoms with Crippen LogP contribution in [0.4, 0.5) is 0 Å². The van der Waals surface area contributed by atoms with Crippen molar-refractivity contribution in [1.82, 2.24) is 0 Å². The van der Waals surface area contributed by atoms with Gasteiger partial charge in [0.1, 0.15) is 0 Å². The molecule has 0 heteroatoms. The Morgan fingerprint density at radius 1 is 0.833 bits per heavy atom. The maximum Gasteiger partial charge on any atom is -0.0323 e. The molecule has 1 unspecified atom stereocenters. The van der Waals surface area contributed by atoms with Crippen molar-refractivity contribution in [1.29, 1.82) is 0 Å². The Balaban J connectivity index is 3.12.